The summed E-state index contributed by atoms with van der Waals surface area (Å²) in [5, 5.41) is 4.68. The van der Waals surface area contributed by atoms with Crippen molar-refractivity contribution in [3.63, 3.8) is 0 Å². The molecular weight excluding hydrogens is 276 g/mol. The van der Waals surface area contributed by atoms with E-state index in [1.165, 1.54) is 36.2 Å². The van der Waals surface area contributed by atoms with Gasteiger partial charge < -0.3 is 0 Å². The first kappa shape index (κ1) is 9.89. The van der Waals surface area contributed by atoms with Crippen LogP contribution in [0.2, 0.25) is 0 Å². The van der Waals surface area contributed by atoms with Crippen molar-refractivity contribution in [3.8, 4) is 5.69 Å². The predicted molar refractivity (Wildman–Crippen MR) is 70.6 cm³/mol. The highest BCUT2D eigenvalue weighted by atomic mass is 79.9. The molecule has 3 heteroatoms. The maximum atomic E-state index is 4.68. The van der Waals surface area contributed by atoms with Crippen LogP contribution in [-0.2, 0) is 0 Å². The standard InChI is InChI=1S/C14H13BrN2/c15-14-12-9-6-7-10(8-9)13(12)17(16-14)11-4-2-1-3-5-11/h1-5,9-10H,6-8H2. The third kappa shape index (κ3) is 1.29. The number of para-hydroxylation sites is 1. The molecule has 0 spiro atoms. The molecule has 2 aliphatic carbocycles. The minimum absolute atomic E-state index is 0.731. The lowest BCUT2D eigenvalue weighted by molar-refractivity contribution is 0.664. The normalized spacial score (nSPS) is 25.2. The number of halogens is 1. The fourth-order valence-corrected chi connectivity index (χ4v) is 4.13. The van der Waals surface area contributed by atoms with Gasteiger partial charge in [-0.15, -0.1) is 0 Å². The van der Waals surface area contributed by atoms with Gasteiger partial charge in [0.25, 0.3) is 0 Å². The molecule has 0 N–H and O–H groups in total. The first-order valence-corrected chi connectivity index (χ1v) is 6.97. The largest absolute Gasteiger partial charge is 0.236 e. The number of hydrogen-bond acceptors (Lipinski definition) is 1. The molecule has 2 aliphatic rings. The van der Waals surface area contributed by atoms with E-state index in [4.69, 9.17) is 0 Å². The van der Waals surface area contributed by atoms with E-state index >= 15 is 0 Å². The van der Waals surface area contributed by atoms with Gasteiger partial charge in [-0.05, 0) is 53.2 Å². The van der Waals surface area contributed by atoms with Crippen molar-refractivity contribution < 1.29 is 0 Å². The van der Waals surface area contributed by atoms with E-state index in [9.17, 15) is 0 Å². The van der Waals surface area contributed by atoms with Gasteiger partial charge in [-0.1, -0.05) is 18.2 Å². The third-order valence-corrected chi connectivity index (χ3v) is 4.73. The summed E-state index contributed by atoms with van der Waals surface area (Å²) in [6.07, 6.45) is 4.01. The highest BCUT2D eigenvalue weighted by Gasteiger charge is 2.42. The van der Waals surface area contributed by atoms with Crippen molar-refractivity contribution in [3.05, 3.63) is 46.2 Å². The van der Waals surface area contributed by atoms with Crippen molar-refractivity contribution >= 4 is 15.9 Å². The Morgan fingerprint density at radius 2 is 1.88 bits per heavy atom. The van der Waals surface area contributed by atoms with Crippen LogP contribution >= 0.6 is 15.9 Å². The van der Waals surface area contributed by atoms with Crippen LogP contribution in [-0.4, -0.2) is 9.78 Å². The molecule has 0 saturated heterocycles. The van der Waals surface area contributed by atoms with E-state index in [1.807, 2.05) is 0 Å². The first-order chi connectivity index (χ1) is 8.34. The lowest BCUT2D eigenvalue weighted by atomic mass is 9.98. The molecule has 1 saturated carbocycles. The van der Waals surface area contributed by atoms with Gasteiger partial charge in [0.05, 0.1) is 11.4 Å². The second-order valence-corrected chi connectivity index (χ2v) is 5.80. The average Bonchev–Trinajstić information content (AvgIpc) is 3.03. The van der Waals surface area contributed by atoms with Crippen LogP contribution in [0.15, 0.2) is 34.9 Å². The number of fused-ring (bicyclic) bond motifs is 5. The van der Waals surface area contributed by atoms with Crippen LogP contribution in [0.4, 0.5) is 0 Å². The molecule has 0 radical (unpaired) electrons. The van der Waals surface area contributed by atoms with Gasteiger partial charge in [-0.25, -0.2) is 4.68 Å². The molecule has 2 bridgehead atoms. The molecular formula is C14H13BrN2. The summed E-state index contributed by atoms with van der Waals surface area (Å²) in [6.45, 7) is 0. The fraction of sp³-hybridized carbons (Fsp3) is 0.357. The number of rotatable bonds is 1. The summed E-state index contributed by atoms with van der Waals surface area (Å²) >= 11 is 3.64. The molecule has 0 amide bonds. The van der Waals surface area contributed by atoms with Crippen molar-refractivity contribution in [1.82, 2.24) is 9.78 Å². The first-order valence-electron chi connectivity index (χ1n) is 6.18. The van der Waals surface area contributed by atoms with E-state index in [-0.39, 0.29) is 0 Å². The van der Waals surface area contributed by atoms with Crippen molar-refractivity contribution in [2.45, 2.75) is 31.1 Å². The SMILES string of the molecule is Brc1nn(-c2ccccc2)c2c1C1CCC2C1. The van der Waals surface area contributed by atoms with E-state index in [0.29, 0.717) is 0 Å². The van der Waals surface area contributed by atoms with E-state index in [0.717, 1.165) is 16.4 Å². The van der Waals surface area contributed by atoms with Crippen LogP contribution in [0.3, 0.4) is 0 Å². The monoisotopic (exact) mass is 288 g/mol. The van der Waals surface area contributed by atoms with Crippen molar-refractivity contribution in [1.29, 1.82) is 0 Å². The summed E-state index contributed by atoms with van der Waals surface area (Å²) in [7, 11) is 0. The van der Waals surface area contributed by atoms with Gasteiger partial charge >= 0.3 is 0 Å². The molecule has 2 aromatic rings. The second-order valence-electron chi connectivity index (χ2n) is 5.04. The summed E-state index contributed by atoms with van der Waals surface area (Å²) in [5.41, 5.74) is 4.12. The van der Waals surface area contributed by atoms with Gasteiger partial charge in [0.15, 0.2) is 0 Å². The summed E-state index contributed by atoms with van der Waals surface area (Å²) < 4.78 is 3.20. The Kier molecular flexibility index (Phi) is 2.01. The van der Waals surface area contributed by atoms with Crippen LogP contribution in [0.5, 0.6) is 0 Å². The van der Waals surface area contributed by atoms with Crippen LogP contribution in [0, 0.1) is 0 Å². The fourth-order valence-electron chi connectivity index (χ4n) is 3.44. The zero-order valence-corrected chi connectivity index (χ0v) is 11.0. The van der Waals surface area contributed by atoms with Crippen LogP contribution in [0.25, 0.3) is 5.69 Å². The Morgan fingerprint density at radius 1 is 1.12 bits per heavy atom. The summed E-state index contributed by atoms with van der Waals surface area (Å²) in [6, 6.07) is 10.5. The highest BCUT2D eigenvalue weighted by molar-refractivity contribution is 9.10. The van der Waals surface area contributed by atoms with Crippen LogP contribution in [0.1, 0.15) is 42.4 Å². The zero-order chi connectivity index (χ0) is 11.4. The van der Waals surface area contributed by atoms with E-state index in [1.54, 1.807) is 0 Å². The minimum Gasteiger partial charge on any atom is -0.236 e. The molecule has 2 atom stereocenters. The summed E-state index contributed by atoms with van der Waals surface area (Å²) in [5.74, 6) is 1.48. The quantitative estimate of drug-likeness (QED) is 0.776. The Morgan fingerprint density at radius 3 is 2.71 bits per heavy atom. The molecule has 2 unspecified atom stereocenters. The van der Waals surface area contributed by atoms with Gasteiger partial charge in [-0.2, -0.15) is 5.10 Å². The molecule has 2 nitrogen and oxygen atoms in total. The average molecular weight is 289 g/mol. The molecule has 4 rings (SSSR count). The molecule has 1 fully saturated rings. The topological polar surface area (TPSA) is 17.8 Å². The maximum Gasteiger partial charge on any atom is 0.132 e. The van der Waals surface area contributed by atoms with E-state index in [2.05, 4.69) is 56.0 Å². The molecule has 1 heterocycles. The lowest BCUT2D eigenvalue weighted by Gasteiger charge is -2.13. The maximum absolute atomic E-state index is 4.68. The number of nitrogens with zero attached hydrogens (tertiary/aromatic N) is 2. The molecule has 1 aromatic carbocycles. The second kappa shape index (κ2) is 3.45. The Hall–Kier alpha value is -1.09. The highest BCUT2D eigenvalue weighted by Crippen LogP contribution is 2.55. The Labute approximate surface area is 109 Å². The van der Waals surface area contributed by atoms with E-state index < -0.39 is 0 Å². The van der Waals surface area contributed by atoms with Crippen molar-refractivity contribution in [2.75, 3.05) is 0 Å². The number of aromatic nitrogens is 2. The number of hydrogen-bond donors (Lipinski definition) is 0. The zero-order valence-electron chi connectivity index (χ0n) is 9.44. The van der Waals surface area contributed by atoms with Gasteiger partial charge in [0.1, 0.15) is 4.60 Å². The predicted octanol–water partition coefficient (Wildman–Crippen LogP) is 4.00. The summed E-state index contributed by atoms with van der Waals surface area (Å²) in [4.78, 5) is 0. The molecule has 0 aliphatic heterocycles. The lowest BCUT2D eigenvalue weighted by Crippen LogP contribution is -2.05. The van der Waals surface area contributed by atoms with Crippen LogP contribution < -0.4 is 0 Å². The van der Waals surface area contributed by atoms with Gasteiger partial charge in [0.2, 0.25) is 0 Å². The molecule has 1 aromatic heterocycles. The van der Waals surface area contributed by atoms with Crippen molar-refractivity contribution in [2.24, 2.45) is 0 Å². The Balaban J connectivity index is 1.95. The molecule has 86 valence electrons. The molecule has 17 heavy (non-hydrogen) atoms. The minimum atomic E-state index is 0.731. The van der Waals surface area contributed by atoms with Gasteiger partial charge in [-0.3, -0.25) is 0 Å². The number of benzene rings is 1. The Bertz CT molecular complexity index is 573. The third-order valence-electron chi connectivity index (χ3n) is 4.14. The van der Waals surface area contributed by atoms with Gasteiger partial charge in [0, 0.05) is 11.5 Å². The smallest absolute Gasteiger partial charge is 0.132 e.